The molecule has 15 nitrogen and oxygen atoms in total. The Morgan fingerprint density at radius 2 is 1.97 bits per heavy atom. The number of phosphoric ester groups is 1. The van der Waals surface area contributed by atoms with E-state index in [1.807, 2.05) is 0 Å². The number of anilines is 1. The molecule has 2 aromatic heterocycles. The highest BCUT2D eigenvalue weighted by atomic mass is 31.2. The summed E-state index contributed by atoms with van der Waals surface area (Å²) in [7, 11) is -5.04. The van der Waals surface area contributed by atoms with Gasteiger partial charge in [0.05, 0.1) is 12.9 Å². The number of aliphatic hydroxyl groups is 2. The molecule has 0 aliphatic carbocycles. The highest BCUT2D eigenvalue weighted by Gasteiger charge is 2.45. The highest BCUT2D eigenvalue weighted by molar-refractivity contribution is 7.48. The van der Waals surface area contributed by atoms with Gasteiger partial charge in [-0.1, -0.05) is 6.07 Å². The summed E-state index contributed by atoms with van der Waals surface area (Å²) >= 11 is 0. The summed E-state index contributed by atoms with van der Waals surface area (Å²) in [5.74, 6) is -2.84. The normalized spacial score (nSPS) is 24.6. The minimum Gasteiger partial charge on any atom is -0.504 e. The fourth-order valence-corrected chi connectivity index (χ4v) is 3.89. The van der Waals surface area contributed by atoms with E-state index >= 15 is 0 Å². The van der Waals surface area contributed by atoms with Crippen LogP contribution < -0.4 is 5.73 Å². The molecule has 3 heterocycles. The number of carbonyl (C=O) groups excluding carboxylic acids is 1. The second-order valence-electron chi connectivity index (χ2n) is 6.95. The number of phenols is 2. The number of imidazole rings is 1. The van der Waals surface area contributed by atoms with Gasteiger partial charge in [0.15, 0.2) is 29.2 Å². The van der Waals surface area contributed by atoms with E-state index < -0.39 is 62.0 Å². The molecule has 16 heteroatoms. The lowest BCUT2D eigenvalue weighted by molar-refractivity contribution is -0.0508. The van der Waals surface area contributed by atoms with Crippen LogP contribution in [0.3, 0.4) is 0 Å². The zero-order chi connectivity index (χ0) is 23.9. The molecule has 0 saturated carbocycles. The van der Waals surface area contributed by atoms with Crippen LogP contribution in [0, 0.1) is 0 Å². The number of aliphatic hydroxyl groups excluding tert-OH is 2. The van der Waals surface area contributed by atoms with Gasteiger partial charge in [0.25, 0.3) is 0 Å². The smallest absolute Gasteiger partial charge is 0.504 e. The van der Waals surface area contributed by atoms with Crippen LogP contribution in [0.25, 0.3) is 11.2 Å². The van der Waals surface area contributed by atoms with Gasteiger partial charge in [-0.2, -0.15) is 0 Å². The van der Waals surface area contributed by atoms with Crippen LogP contribution in [-0.4, -0.2) is 75.7 Å². The van der Waals surface area contributed by atoms with Crippen molar-refractivity contribution in [1.29, 1.82) is 0 Å². The van der Waals surface area contributed by atoms with Crippen molar-refractivity contribution in [3.8, 4) is 11.5 Å². The molecular formula is C17H18N5O10P. The van der Waals surface area contributed by atoms with Crippen LogP contribution in [0.2, 0.25) is 0 Å². The Labute approximate surface area is 184 Å². The van der Waals surface area contributed by atoms with Gasteiger partial charge >= 0.3 is 13.8 Å². The average molecular weight is 483 g/mol. The maximum absolute atomic E-state index is 12.2. The predicted molar refractivity (Wildman–Crippen MR) is 107 cm³/mol. The average Bonchev–Trinajstić information content (AvgIpc) is 3.31. The highest BCUT2D eigenvalue weighted by Crippen LogP contribution is 2.46. The van der Waals surface area contributed by atoms with E-state index in [1.165, 1.54) is 23.3 Å². The monoisotopic (exact) mass is 483 g/mol. The molecule has 1 aromatic carbocycles. The lowest BCUT2D eigenvalue weighted by atomic mass is 10.1. The van der Waals surface area contributed by atoms with Crippen LogP contribution >= 0.6 is 7.82 Å². The first kappa shape index (κ1) is 22.8. The Hall–Kier alpha value is -3.33. The molecule has 0 spiro atoms. The number of para-hydroxylation sites is 1. The van der Waals surface area contributed by atoms with E-state index in [-0.39, 0.29) is 17.0 Å². The van der Waals surface area contributed by atoms with Crippen LogP contribution in [0.4, 0.5) is 5.82 Å². The summed E-state index contributed by atoms with van der Waals surface area (Å²) in [5, 5.41) is 39.8. The van der Waals surface area contributed by atoms with Gasteiger partial charge < -0.3 is 35.4 Å². The van der Waals surface area contributed by atoms with Crippen LogP contribution in [-0.2, 0) is 18.3 Å². The van der Waals surface area contributed by atoms with Crippen LogP contribution in [0.5, 0.6) is 11.5 Å². The van der Waals surface area contributed by atoms with E-state index in [2.05, 4.69) is 19.5 Å². The maximum atomic E-state index is 12.2. The second-order valence-corrected chi connectivity index (χ2v) is 8.32. The zero-order valence-corrected chi connectivity index (χ0v) is 17.4. The molecule has 4 rings (SSSR count). The Bertz CT molecular complexity index is 1250. The minimum absolute atomic E-state index is 0.0903. The van der Waals surface area contributed by atoms with E-state index in [4.69, 9.17) is 15.0 Å². The summed E-state index contributed by atoms with van der Waals surface area (Å²) in [4.78, 5) is 33.7. The van der Waals surface area contributed by atoms with E-state index in [1.54, 1.807) is 0 Å². The molecule has 3 aromatic rings. The number of fused-ring (bicyclic) bond motifs is 1. The van der Waals surface area contributed by atoms with Gasteiger partial charge in [0, 0.05) is 0 Å². The molecule has 1 saturated heterocycles. The third-order valence-corrected chi connectivity index (χ3v) is 5.71. The second kappa shape index (κ2) is 8.55. The fourth-order valence-electron chi connectivity index (χ4n) is 3.20. The van der Waals surface area contributed by atoms with Gasteiger partial charge in [0.2, 0.25) is 0 Å². The van der Waals surface area contributed by atoms with Gasteiger partial charge in [-0.25, -0.2) is 24.3 Å². The van der Waals surface area contributed by atoms with Crippen molar-refractivity contribution in [1.82, 2.24) is 19.5 Å². The standard InChI is InChI=1S/C17H18N5O10P/c18-14-10-15(20-5-19-14)22(6-21-10)16-13(26)12(25)9(31-16)4-30-33(28,29)32-17(27)7-2-1-3-8(23)11(7)24/h1-3,5-6,9,12-13,16,23-26H,4H2,(H,28,29)(H2,18,19,20)/t9-,12-,13-,16-/m1/s1. The topological polar surface area (TPSA) is 233 Å². The molecule has 5 atom stereocenters. The molecule has 1 aliphatic rings. The first-order valence-electron chi connectivity index (χ1n) is 9.26. The van der Waals surface area contributed by atoms with Crippen molar-refractivity contribution in [3.05, 3.63) is 36.4 Å². The van der Waals surface area contributed by atoms with Crippen molar-refractivity contribution in [2.75, 3.05) is 12.3 Å². The third-order valence-electron chi connectivity index (χ3n) is 4.83. The fraction of sp³-hybridized carbons (Fsp3) is 0.294. The van der Waals surface area contributed by atoms with Crippen molar-refractivity contribution in [3.63, 3.8) is 0 Å². The minimum atomic E-state index is -5.04. The van der Waals surface area contributed by atoms with Crippen LogP contribution in [0.1, 0.15) is 16.6 Å². The van der Waals surface area contributed by atoms with Crippen molar-refractivity contribution < 1.29 is 48.5 Å². The summed E-state index contributed by atoms with van der Waals surface area (Å²) in [6.07, 6.45) is -3.13. The molecule has 1 aliphatic heterocycles. The number of hydrogen-bond donors (Lipinski definition) is 6. The predicted octanol–water partition coefficient (Wildman–Crippen LogP) is -0.587. The molecule has 33 heavy (non-hydrogen) atoms. The summed E-state index contributed by atoms with van der Waals surface area (Å²) in [6.45, 7) is -0.758. The number of phosphoric acid groups is 1. The van der Waals surface area contributed by atoms with Crippen molar-refractivity contribution in [2.45, 2.75) is 24.5 Å². The molecule has 1 unspecified atom stereocenters. The largest absolute Gasteiger partial charge is 0.529 e. The van der Waals surface area contributed by atoms with Gasteiger partial charge in [0.1, 0.15) is 35.7 Å². The Kier molecular flexibility index (Phi) is 5.92. The SMILES string of the molecule is Nc1ncnc2c1ncn2[C@@H]1O[C@H](COP(=O)(O)OC(=O)c2cccc(O)c2O)[C@@H](O)[C@H]1O. The van der Waals surface area contributed by atoms with Crippen LogP contribution in [0.15, 0.2) is 30.9 Å². The number of aromatic nitrogens is 4. The van der Waals surface area contributed by atoms with Crippen molar-refractivity contribution >= 4 is 30.8 Å². The zero-order valence-electron chi connectivity index (χ0n) is 16.5. The van der Waals surface area contributed by atoms with Crippen molar-refractivity contribution in [2.24, 2.45) is 0 Å². The molecule has 7 N–H and O–H groups in total. The Balaban J connectivity index is 1.43. The molecule has 0 radical (unpaired) electrons. The molecular weight excluding hydrogens is 465 g/mol. The lowest BCUT2D eigenvalue weighted by Gasteiger charge is -2.17. The molecule has 0 bridgehead atoms. The number of nitrogen functional groups attached to an aromatic ring is 1. The number of carbonyl (C=O) groups is 1. The maximum Gasteiger partial charge on any atom is 0.529 e. The quantitative estimate of drug-likeness (QED) is 0.190. The van der Waals surface area contributed by atoms with E-state index in [0.29, 0.717) is 0 Å². The first-order chi connectivity index (χ1) is 15.6. The number of aromatic hydroxyl groups is 2. The van der Waals surface area contributed by atoms with Gasteiger partial charge in [-0.05, 0) is 12.1 Å². The number of benzene rings is 1. The summed E-state index contributed by atoms with van der Waals surface area (Å²) in [6, 6.07) is 3.34. The van der Waals surface area contributed by atoms with Gasteiger partial charge in [-0.3, -0.25) is 14.0 Å². The van der Waals surface area contributed by atoms with Gasteiger partial charge in [-0.15, -0.1) is 0 Å². The molecule has 176 valence electrons. The summed E-state index contributed by atoms with van der Waals surface area (Å²) < 4.78 is 28.1. The lowest BCUT2D eigenvalue weighted by Crippen LogP contribution is -2.33. The Morgan fingerprint density at radius 1 is 1.21 bits per heavy atom. The number of hydrogen-bond acceptors (Lipinski definition) is 13. The number of nitrogens with zero attached hydrogens (tertiary/aromatic N) is 4. The number of rotatable bonds is 6. The first-order valence-corrected chi connectivity index (χ1v) is 10.8. The number of nitrogens with two attached hydrogens (primary N) is 1. The number of ether oxygens (including phenoxy) is 1. The summed E-state index contributed by atoms with van der Waals surface area (Å²) in [5.41, 5.74) is 5.60. The molecule has 1 fully saturated rings. The molecule has 0 amide bonds. The van der Waals surface area contributed by atoms with E-state index in [9.17, 15) is 34.7 Å². The number of phenolic OH excluding ortho intramolecular Hbond substituents is 2. The van der Waals surface area contributed by atoms with E-state index in [0.717, 1.165) is 12.1 Å². The Morgan fingerprint density at radius 3 is 2.73 bits per heavy atom. The third kappa shape index (κ3) is 4.32.